The van der Waals surface area contributed by atoms with Crippen molar-refractivity contribution in [2.45, 2.75) is 12.5 Å². The second-order valence-electron chi connectivity index (χ2n) is 5.08. The third kappa shape index (κ3) is 4.22. The van der Waals surface area contributed by atoms with Crippen molar-refractivity contribution in [1.29, 1.82) is 0 Å². The van der Waals surface area contributed by atoms with Crippen LogP contribution in [0.15, 0.2) is 41.0 Å². The summed E-state index contributed by atoms with van der Waals surface area (Å²) in [4.78, 5) is 16.4. The van der Waals surface area contributed by atoms with E-state index in [-0.39, 0.29) is 12.0 Å². The van der Waals surface area contributed by atoms with Crippen LogP contribution < -0.4 is 10.1 Å². The number of benzene rings is 1. The Morgan fingerprint density at radius 3 is 3.00 bits per heavy atom. The van der Waals surface area contributed by atoms with Crippen LogP contribution in [-0.4, -0.2) is 30.2 Å². The number of rotatable bonds is 4. The largest absolute Gasteiger partial charge is 0.471 e. The zero-order chi connectivity index (χ0) is 16.2. The Kier molecular flexibility index (Phi) is 5.15. The van der Waals surface area contributed by atoms with Gasteiger partial charge >= 0.3 is 0 Å². The molecule has 1 N–H and O–H groups in total. The Bertz CT molecular complexity index is 720. The molecule has 0 aliphatic carbocycles. The monoisotopic (exact) mass is 396 g/mol. The van der Waals surface area contributed by atoms with Gasteiger partial charge in [0.1, 0.15) is 11.1 Å². The number of ether oxygens (including phenoxy) is 2. The van der Waals surface area contributed by atoms with E-state index in [9.17, 15) is 4.79 Å². The molecule has 1 aromatic carbocycles. The fourth-order valence-corrected chi connectivity index (χ4v) is 2.78. The first-order valence-corrected chi connectivity index (χ1v) is 8.26. The molecular formula is C16H14BrClN2O3. The number of halogens is 2. The molecule has 7 heteroatoms. The van der Waals surface area contributed by atoms with Crippen LogP contribution in [-0.2, 0) is 4.74 Å². The first-order valence-electron chi connectivity index (χ1n) is 7.08. The van der Waals surface area contributed by atoms with Gasteiger partial charge in [0.05, 0.1) is 18.8 Å². The van der Waals surface area contributed by atoms with Gasteiger partial charge in [-0.25, -0.2) is 4.98 Å². The fourth-order valence-electron chi connectivity index (χ4n) is 2.17. The molecule has 1 aromatic heterocycles. The molecule has 1 amide bonds. The third-order valence-electron chi connectivity index (χ3n) is 3.32. The average Bonchev–Trinajstić information content (AvgIpc) is 3.02. The molecule has 23 heavy (non-hydrogen) atoms. The topological polar surface area (TPSA) is 60.5 Å². The minimum atomic E-state index is -0.284. The van der Waals surface area contributed by atoms with Crippen LogP contribution in [0.25, 0.3) is 0 Å². The van der Waals surface area contributed by atoms with Gasteiger partial charge in [-0.05, 0) is 24.3 Å². The summed E-state index contributed by atoms with van der Waals surface area (Å²) in [6, 6.07) is 8.88. The zero-order valence-corrected chi connectivity index (χ0v) is 14.4. The number of nitrogens with one attached hydrogen (secondary N) is 1. The quantitative estimate of drug-likeness (QED) is 0.849. The fraction of sp³-hybridized carbons (Fsp3) is 0.250. The average molecular weight is 398 g/mol. The van der Waals surface area contributed by atoms with E-state index in [1.54, 1.807) is 12.1 Å². The maximum absolute atomic E-state index is 12.2. The summed E-state index contributed by atoms with van der Waals surface area (Å²) >= 11 is 9.52. The van der Waals surface area contributed by atoms with E-state index < -0.39 is 0 Å². The molecule has 1 fully saturated rings. The van der Waals surface area contributed by atoms with Gasteiger partial charge in [-0.2, -0.15) is 0 Å². The summed E-state index contributed by atoms with van der Waals surface area (Å²) in [5.41, 5.74) is 1.05. The molecule has 2 heterocycles. The SMILES string of the molecule is O=C(Nc1cccc(Br)c1)c1cnc(OC2CCOC2)c(Cl)c1. The molecular weight excluding hydrogens is 384 g/mol. The first kappa shape index (κ1) is 16.2. The van der Waals surface area contributed by atoms with Gasteiger partial charge in [-0.15, -0.1) is 0 Å². The lowest BCUT2D eigenvalue weighted by Gasteiger charge is -2.12. The van der Waals surface area contributed by atoms with Crippen LogP contribution in [0.3, 0.4) is 0 Å². The van der Waals surface area contributed by atoms with Gasteiger partial charge in [0.2, 0.25) is 5.88 Å². The summed E-state index contributed by atoms with van der Waals surface area (Å²) in [5, 5.41) is 3.09. The number of carbonyl (C=O) groups is 1. The standard InChI is InChI=1S/C16H14BrClN2O3/c17-11-2-1-3-12(7-11)20-15(21)10-6-14(18)16(19-8-10)23-13-4-5-22-9-13/h1-3,6-8,13H,4-5,9H2,(H,20,21). The van der Waals surface area contributed by atoms with E-state index in [2.05, 4.69) is 26.2 Å². The normalized spacial score (nSPS) is 17.0. The molecule has 1 atom stereocenters. The molecule has 1 aliphatic heterocycles. The maximum atomic E-state index is 12.2. The highest BCUT2D eigenvalue weighted by Gasteiger charge is 2.20. The summed E-state index contributed by atoms with van der Waals surface area (Å²) in [6.45, 7) is 1.21. The van der Waals surface area contributed by atoms with Crippen LogP contribution in [0.2, 0.25) is 5.02 Å². The summed E-state index contributed by atoms with van der Waals surface area (Å²) < 4.78 is 11.8. The molecule has 2 aromatic rings. The van der Waals surface area contributed by atoms with Crippen molar-refractivity contribution < 1.29 is 14.3 Å². The van der Waals surface area contributed by atoms with Gasteiger partial charge in [-0.1, -0.05) is 33.6 Å². The Balaban J connectivity index is 1.70. The van der Waals surface area contributed by atoms with Crippen molar-refractivity contribution in [2.75, 3.05) is 18.5 Å². The van der Waals surface area contributed by atoms with E-state index in [1.807, 2.05) is 18.2 Å². The summed E-state index contributed by atoms with van der Waals surface area (Å²) in [5.74, 6) is 0.0365. The lowest BCUT2D eigenvalue weighted by molar-refractivity contribution is 0.102. The zero-order valence-electron chi connectivity index (χ0n) is 12.1. The Morgan fingerprint density at radius 2 is 2.30 bits per heavy atom. The van der Waals surface area contributed by atoms with Crippen molar-refractivity contribution in [3.8, 4) is 5.88 Å². The summed E-state index contributed by atoms with van der Waals surface area (Å²) in [6.07, 6.45) is 2.22. The van der Waals surface area contributed by atoms with E-state index in [0.29, 0.717) is 35.4 Å². The number of aromatic nitrogens is 1. The smallest absolute Gasteiger partial charge is 0.257 e. The van der Waals surface area contributed by atoms with Crippen molar-refractivity contribution in [2.24, 2.45) is 0 Å². The van der Waals surface area contributed by atoms with Gasteiger partial charge in [0, 0.05) is 22.8 Å². The van der Waals surface area contributed by atoms with Crippen molar-refractivity contribution in [3.05, 3.63) is 51.6 Å². The van der Waals surface area contributed by atoms with Crippen molar-refractivity contribution in [1.82, 2.24) is 4.98 Å². The van der Waals surface area contributed by atoms with Crippen LogP contribution in [0.1, 0.15) is 16.8 Å². The highest BCUT2D eigenvalue weighted by molar-refractivity contribution is 9.10. The van der Waals surface area contributed by atoms with Crippen molar-refractivity contribution >= 4 is 39.1 Å². The van der Waals surface area contributed by atoms with Crippen LogP contribution >= 0.6 is 27.5 Å². The van der Waals surface area contributed by atoms with Crippen LogP contribution in [0.5, 0.6) is 5.88 Å². The number of amides is 1. The Morgan fingerprint density at radius 1 is 1.43 bits per heavy atom. The van der Waals surface area contributed by atoms with Gasteiger partial charge < -0.3 is 14.8 Å². The van der Waals surface area contributed by atoms with Crippen molar-refractivity contribution in [3.63, 3.8) is 0 Å². The lowest BCUT2D eigenvalue weighted by Crippen LogP contribution is -2.17. The molecule has 3 rings (SSSR count). The number of nitrogens with zero attached hydrogens (tertiary/aromatic N) is 1. The predicted molar refractivity (Wildman–Crippen MR) is 91.2 cm³/mol. The van der Waals surface area contributed by atoms with Gasteiger partial charge in [0.25, 0.3) is 5.91 Å². The number of pyridine rings is 1. The minimum Gasteiger partial charge on any atom is -0.471 e. The molecule has 5 nitrogen and oxygen atoms in total. The van der Waals surface area contributed by atoms with E-state index >= 15 is 0 Å². The second-order valence-corrected chi connectivity index (χ2v) is 6.40. The molecule has 0 spiro atoms. The number of hydrogen-bond acceptors (Lipinski definition) is 4. The van der Waals surface area contributed by atoms with E-state index in [1.165, 1.54) is 6.20 Å². The highest BCUT2D eigenvalue weighted by atomic mass is 79.9. The summed E-state index contributed by atoms with van der Waals surface area (Å²) in [7, 11) is 0. The molecule has 0 bridgehead atoms. The van der Waals surface area contributed by atoms with Crippen LogP contribution in [0.4, 0.5) is 5.69 Å². The third-order valence-corrected chi connectivity index (χ3v) is 4.08. The molecule has 0 saturated carbocycles. The molecule has 0 radical (unpaired) electrons. The molecule has 120 valence electrons. The Labute approximate surface area is 147 Å². The van der Waals surface area contributed by atoms with E-state index in [4.69, 9.17) is 21.1 Å². The maximum Gasteiger partial charge on any atom is 0.257 e. The first-order chi connectivity index (χ1) is 11.1. The Hall–Kier alpha value is -1.63. The molecule has 1 aliphatic rings. The second kappa shape index (κ2) is 7.29. The highest BCUT2D eigenvalue weighted by Crippen LogP contribution is 2.25. The number of hydrogen-bond donors (Lipinski definition) is 1. The number of carbonyl (C=O) groups excluding carboxylic acids is 1. The van der Waals surface area contributed by atoms with Crippen LogP contribution in [0, 0.1) is 0 Å². The predicted octanol–water partition coefficient (Wildman–Crippen LogP) is 3.92. The van der Waals surface area contributed by atoms with Gasteiger partial charge in [-0.3, -0.25) is 4.79 Å². The molecule has 1 unspecified atom stereocenters. The van der Waals surface area contributed by atoms with Gasteiger partial charge in [0.15, 0.2) is 0 Å². The number of anilines is 1. The minimum absolute atomic E-state index is 0.0404. The lowest BCUT2D eigenvalue weighted by atomic mass is 10.2. The van der Waals surface area contributed by atoms with E-state index in [0.717, 1.165) is 10.9 Å². The molecule has 1 saturated heterocycles.